The van der Waals surface area contributed by atoms with E-state index in [9.17, 15) is 0 Å². The normalized spacial score (nSPS) is 17.8. The highest BCUT2D eigenvalue weighted by Crippen LogP contribution is 2.52. The van der Waals surface area contributed by atoms with Crippen LogP contribution < -0.4 is 18.9 Å². The highest BCUT2D eigenvalue weighted by molar-refractivity contribution is 5.66. The molecule has 0 amide bonds. The molecule has 0 saturated carbocycles. The van der Waals surface area contributed by atoms with Crippen molar-refractivity contribution in [2.75, 3.05) is 27.9 Å². The Balaban J connectivity index is 2.09. The van der Waals surface area contributed by atoms with Gasteiger partial charge in [-0.1, -0.05) is 30.3 Å². The second kappa shape index (κ2) is 6.83. The molecule has 4 nitrogen and oxygen atoms in total. The van der Waals surface area contributed by atoms with Crippen molar-refractivity contribution in [3.05, 3.63) is 53.1 Å². The number of hydrogen-bond donors (Lipinski definition) is 0. The zero-order chi connectivity index (χ0) is 17.1. The highest BCUT2D eigenvalue weighted by Gasteiger charge is 2.33. The van der Waals surface area contributed by atoms with E-state index in [1.165, 1.54) is 21.3 Å². The van der Waals surface area contributed by atoms with Crippen LogP contribution in [0.2, 0.25) is 0 Å². The van der Waals surface area contributed by atoms with Crippen molar-refractivity contribution in [3.8, 4) is 23.0 Å². The lowest BCUT2D eigenvalue weighted by molar-refractivity contribution is 0.248. The minimum Gasteiger partial charge on any atom is -0.493 e. The number of fused-ring (bicyclic) bond motifs is 1. The maximum atomic E-state index is 15.2. The fourth-order valence-corrected chi connectivity index (χ4v) is 2.81. The summed E-state index contributed by atoms with van der Waals surface area (Å²) in [5, 5.41) is 0. The molecule has 3 rings (SSSR count). The van der Waals surface area contributed by atoms with Crippen LogP contribution in [0.25, 0.3) is 6.08 Å². The lowest BCUT2D eigenvalue weighted by Gasteiger charge is -2.27. The van der Waals surface area contributed by atoms with Gasteiger partial charge in [-0.3, -0.25) is 0 Å². The van der Waals surface area contributed by atoms with E-state index in [2.05, 4.69) is 0 Å². The van der Waals surface area contributed by atoms with E-state index in [0.29, 0.717) is 28.4 Å². The molecule has 0 aromatic heterocycles. The molecule has 1 unspecified atom stereocenters. The molecule has 1 heterocycles. The van der Waals surface area contributed by atoms with Crippen LogP contribution in [0.3, 0.4) is 0 Å². The lowest BCUT2D eigenvalue weighted by Crippen LogP contribution is -2.16. The van der Waals surface area contributed by atoms with Crippen molar-refractivity contribution >= 4 is 6.08 Å². The molecule has 1 aliphatic rings. The topological polar surface area (TPSA) is 36.9 Å². The number of alkyl halides is 1. The average Bonchev–Trinajstić information content (AvgIpc) is 2.63. The SMILES string of the molecule is COc1cc2c(c(OC)c1OC)C(F)C(=Cc1ccccc1)CO2. The molecule has 2 aromatic rings. The minimum absolute atomic E-state index is 0.168. The van der Waals surface area contributed by atoms with Crippen LogP contribution in [-0.4, -0.2) is 27.9 Å². The van der Waals surface area contributed by atoms with E-state index in [1.54, 1.807) is 12.1 Å². The van der Waals surface area contributed by atoms with Crippen LogP contribution in [0.4, 0.5) is 4.39 Å². The molecule has 0 fully saturated rings. The maximum absolute atomic E-state index is 15.2. The Labute approximate surface area is 140 Å². The Kier molecular flexibility index (Phi) is 4.60. The van der Waals surface area contributed by atoms with Gasteiger partial charge in [-0.05, 0) is 11.6 Å². The number of methoxy groups -OCH3 is 3. The standard InChI is InChI=1S/C19H19FO4/c1-21-15-10-14-16(19(23-3)18(15)22-2)17(20)13(11-24-14)9-12-7-5-4-6-8-12/h4-10,17H,11H2,1-3H3. The molecule has 24 heavy (non-hydrogen) atoms. The molecule has 0 N–H and O–H groups in total. The molecule has 2 aromatic carbocycles. The van der Waals surface area contributed by atoms with Crippen LogP contribution in [-0.2, 0) is 0 Å². The first-order valence-electron chi connectivity index (χ1n) is 7.54. The first-order chi connectivity index (χ1) is 11.7. The van der Waals surface area contributed by atoms with Crippen LogP contribution in [0.15, 0.2) is 42.0 Å². The van der Waals surface area contributed by atoms with Crippen molar-refractivity contribution in [2.45, 2.75) is 6.17 Å². The number of rotatable bonds is 4. The van der Waals surface area contributed by atoms with Gasteiger partial charge in [-0.25, -0.2) is 4.39 Å². The molecular weight excluding hydrogens is 311 g/mol. The molecule has 1 aliphatic heterocycles. The minimum atomic E-state index is -1.34. The van der Waals surface area contributed by atoms with Crippen molar-refractivity contribution < 1.29 is 23.3 Å². The summed E-state index contributed by atoms with van der Waals surface area (Å²) >= 11 is 0. The molecule has 0 aliphatic carbocycles. The Bertz CT molecular complexity index is 756. The average molecular weight is 330 g/mol. The second-order valence-electron chi connectivity index (χ2n) is 5.34. The van der Waals surface area contributed by atoms with E-state index in [0.717, 1.165) is 5.56 Å². The second-order valence-corrected chi connectivity index (χ2v) is 5.34. The third-order valence-electron chi connectivity index (χ3n) is 3.96. The maximum Gasteiger partial charge on any atom is 0.203 e. The Morgan fingerprint density at radius 2 is 1.75 bits per heavy atom. The quantitative estimate of drug-likeness (QED) is 0.842. The fourth-order valence-electron chi connectivity index (χ4n) is 2.81. The Morgan fingerprint density at radius 3 is 2.38 bits per heavy atom. The molecular formula is C19H19FO4. The van der Waals surface area contributed by atoms with Crippen LogP contribution in [0.5, 0.6) is 23.0 Å². The van der Waals surface area contributed by atoms with Gasteiger partial charge in [0.15, 0.2) is 17.7 Å². The summed E-state index contributed by atoms with van der Waals surface area (Å²) < 4.78 is 36.9. The van der Waals surface area contributed by atoms with E-state index in [-0.39, 0.29) is 12.4 Å². The van der Waals surface area contributed by atoms with Crippen LogP contribution >= 0.6 is 0 Å². The van der Waals surface area contributed by atoms with E-state index in [4.69, 9.17) is 18.9 Å². The Morgan fingerprint density at radius 1 is 1.04 bits per heavy atom. The smallest absolute Gasteiger partial charge is 0.203 e. The van der Waals surface area contributed by atoms with Crippen molar-refractivity contribution in [1.29, 1.82) is 0 Å². The molecule has 126 valence electrons. The van der Waals surface area contributed by atoms with Crippen molar-refractivity contribution in [3.63, 3.8) is 0 Å². The van der Waals surface area contributed by atoms with Gasteiger partial charge in [-0.15, -0.1) is 0 Å². The fraction of sp³-hybridized carbons (Fsp3) is 0.263. The first-order valence-corrected chi connectivity index (χ1v) is 7.54. The number of halogens is 1. The lowest BCUT2D eigenvalue weighted by atomic mass is 9.96. The zero-order valence-electron chi connectivity index (χ0n) is 13.8. The van der Waals surface area contributed by atoms with Gasteiger partial charge in [0, 0.05) is 11.6 Å². The number of benzene rings is 2. The van der Waals surface area contributed by atoms with Gasteiger partial charge in [0.2, 0.25) is 5.75 Å². The summed E-state index contributed by atoms with van der Waals surface area (Å²) in [6.45, 7) is 0.168. The van der Waals surface area contributed by atoms with Crippen molar-refractivity contribution in [1.82, 2.24) is 0 Å². The zero-order valence-corrected chi connectivity index (χ0v) is 13.8. The summed E-state index contributed by atoms with van der Waals surface area (Å²) in [6.07, 6.45) is 0.452. The molecule has 5 heteroatoms. The summed E-state index contributed by atoms with van der Waals surface area (Å²) in [5.74, 6) is 1.49. The molecule has 0 saturated heterocycles. The van der Waals surface area contributed by atoms with Gasteiger partial charge in [0.05, 0.1) is 26.9 Å². The molecule has 0 radical (unpaired) electrons. The summed E-state index contributed by atoms with van der Waals surface area (Å²) in [6, 6.07) is 11.2. The van der Waals surface area contributed by atoms with Gasteiger partial charge in [0.25, 0.3) is 0 Å². The number of hydrogen-bond acceptors (Lipinski definition) is 4. The predicted octanol–water partition coefficient (Wildman–Crippen LogP) is 4.20. The molecule has 0 bridgehead atoms. The third kappa shape index (κ3) is 2.77. The Hall–Kier alpha value is -2.69. The van der Waals surface area contributed by atoms with Crippen molar-refractivity contribution in [2.24, 2.45) is 0 Å². The van der Waals surface area contributed by atoms with Crippen LogP contribution in [0, 0.1) is 0 Å². The van der Waals surface area contributed by atoms with Crippen LogP contribution in [0.1, 0.15) is 17.3 Å². The monoisotopic (exact) mass is 330 g/mol. The number of ether oxygens (including phenoxy) is 4. The van der Waals surface area contributed by atoms with E-state index in [1.807, 2.05) is 30.3 Å². The summed E-state index contributed by atoms with van der Waals surface area (Å²) in [7, 11) is 4.48. The highest BCUT2D eigenvalue weighted by atomic mass is 19.1. The van der Waals surface area contributed by atoms with E-state index >= 15 is 4.39 Å². The molecule has 1 atom stereocenters. The van der Waals surface area contributed by atoms with E-state index < -0.39 is 6.17 Å². The molecule has 0 spiro atoms. The third-order valence-corrected chi connectivity index (χ3v) is 3.96. The van der Waals surface area contributed by atoms with Gasteiger partial charge in [0.1, 0.15) is 12.4 Å². The van der Waals surface area contributed by atoms with Gasteiger partial charge in [-0.2, -0.15) is 0 Å². The largest absolute Gasteiger partial charge is 0.493 e. The summed E-state index contributed by atoms with van der Waals surface area (Å²) in [5.41, 5.74) is 1.77. The van der Waals surface area contributed by atoms with Gasteiger partial charge < -0.3 is 18.9 Å². The first kappa shape index (κ1) is 16.2. The van der Waals surface area contributed by atoms with Gasteiger partial charge >= 0.3 is 0 Å². The predicted molar refractivity (Wildman–Crippen MR) is 89.9 cm³/mol. The summed E-state index contributed by atoms with van der Waals surface area (Å²) in [4.78, 5) is 0.